The molecule has 0 fully saturated rings. The van der Waals surface area contributed by atoms with Crippen LogP contribution in [0.4, 0.5) is 5.69 Å². The SMILES string of the molecule is CCC=C=C1C=C(NC(NC=O)NCN(C)c2cncc(C)c2)C(=O)C=C1NC(C)C. The maximum absolute atomic E-state index is 12.7. The van der Waals surface area contributed by atoms with Gasteiger partial charge in [0.2, 0.25) is 12.2 Å². The Morgan fingerprint density at radius 3 is 2.61 bits per heavy atom. The molecule has 0 saturated carbocycles. The van der Waals surface area contributed by atoms with Crippen molar-refractivity contribution in [3.63, 3.8) is 0 Å². The quantitative estimate of drug-likeness (QED) is 0.244. The summed E-state index contributed by atoms with van der Waals surface area (Å²) in [7, 11) is 1.91. The van der Waals surface area contributed by atoms with E-state index in [1.165, 1.54) is 0 Å². The summed E-state index contributed by atoms with van der Waals surface area (Å²) in [5.41, 5.74) is 7.10. The molecule has 0 saturated heterocycles. The minimum Gasteiger partial charge on any atom is -0.382 e. The average Bonchev–Trinajstić information content (AvgIpc) is 2.72. The van der Waals surface area contributed by atoms with Gasteiger partial charge in [-0.1, -0.05) is 6.92 Å². The second-order valence-corrected chi connectivity index (χ2v) is 7.59. The zero-order valence-electron chi connectivity index (χ0n) is 18.8. The summed E-state index contributed by atoms with van der Waals surface area (Å²) in [4.78, 5) is 29.9. The number of anilines is 1. The number of rotatable bonds is 11. The van der Waals surface area contributed by atoms with Crippen molar-refractivity contribution in [1.29, 1.82) is 0 Å². The predicted molar refractivity (Wildman–Crippen MR) is 123 cm³/mol. The summed E-state index contributed by atoms with van der Waals surface area (Å²) in [6.07, 6.45) is 9.55. The standard InChI is InChI=1S/C23H32N6O2/c1-6-7-8-18-10-21(22(31)11-20(18)27-16(2)3)28-23(26-15-30)25-14-29(5)19-9-17(4)12-24-13-19/h7,9-13,15-16,23,25,27-28H,6,14H2,1-5H3,(H,26,30). The molecular weight excluding hydrogens is 392 g/mol. The second-order valence-electron chi connectivity index (χ2n) is 7.59. The summed E-state index contributed by atoms with van der Waals surface area (Å²) in [5, 5.41) is 12.2. The van der Waals surface area contributed by atoms with Crippen LogP contribution >= 0.6 is 0 Å². The Morgan fingerprint density at radius 1 is 1.19 bits per heavy atom. The molecule has 1 aliphatic carbocycles. The van der Waals surface area contributed by atoms with Gasteiger partial charge >= 0.3 is 0 Å². The number of carbonyl (C=O) groups excluding carboxylic acids is 2. The van der Waals surface area contributed by atoms with Crippen molar-refractivity contribution in [2.45, 2.75) is 46.4 Å². The van der Waals surface area contributed by atoms with Gasteiger partial charge in [-0.15, -0.1) is 5.73 Å². The van der Waals surface area contributed by atoms with Gasteiger partial charge < -0.3 is 20.9 Å². The molecule has 0 radical (unpaired) electrons. The minimum absolute atomic E-state index is 0.179. The molecule has 4 N–H and O–H groups in total. The number of nitrogens with zero attached hydrogens (tertiary/aromatic N) is 2. The Balaban J connectivity index is 2.13. The third-order valence-electron chi connectivity index (χ3n) is 4.39. The van der Waals surface area contributed by atoms with Crippen LogP contribution in [-0.2, 0) is 9.59 Å². The van der Waals surface area contributed by atoms with Crippen LogP contribution in [0.15, 0.2) is 59.4 Å². The fourth-order valence-corrected chi connectivity index (χ4v) is 2.90. The normalized spacial score (nSPS) is 14.3. The van der Waals surface area contributed by atoms with Crippen LogP contribution in [0.3, 0.4) is 0 Å². The first kappa shape index (κ1) is 23.9. The lowest BCUT2D eigenvalue weighted by Crippen LogP contribution is -2.55. The summed E-state index contributed by atoms with van der Waals surface area (Å²) >= 11 is 0. The smallest absolute Gasteiger partial charge is 0.209 e. The highest BCUT2D eigenvalue weighted by Crippen LogP contribution is 2.18. The predicted octanol–water partition coefficient (Wildman–Crippen LogP) is 1.83. The largest absolute Gasteiger partial charge is 0.382 e. The molecule has 0 aliphatic heterocycles. The molecular formula is C23H32N6O2. The molecule has 0 spiro atoms. The molecule has 1 unspecified atom stereocenters. The van der Waals surface area contributed by atoms with E-state index in [0.717, 1.165) is 28.9 Å². The molecule has 31 heavy (non-hydrogen) atoms. The molecule has 1 aromatic heterocycles. The van der Waals surface area contributed by atoms with Gasteiger partial charge in [-0.2, -0.15) is 0 Å². The Morgan fingerprint density at radius 2 is 1.97 bits per heavy atom. The van der Waals surface area contributed by atoms with Crippen molar-refractivity contribution in [1.82, 2.24) is 26.3 Å². The number of aromatic nitrogens is 1. The monoisotopic (exact) mass is 424 g/mol. The Labute approximate surface area is 184 Å². The number of hydrogen-bond acceptors (Lipinski definition) is 7. The number of nitrogens with one attached hydrogen (secondary N) is 4. The number of carbonyl (C=O) groups is 2. The molecule has 8 heteroatoms. The first-order chi connectivity index (χ1) is 14.8. The van der Waals surface area contributed by atoms with Gasteiger partial charge in [-0.3, -0.25) is 19.9 Å². The Hall–Kier alpha value is -3.35. The molecule has 1 aromatic rings. The number of ketones is 1. The molecule has 0 bridgehead atoms. The Kier molecular flexibility index (Phi) is 9.06. The van der Waals surface area contributed by atoms with Crippen LogP contribution < -0.4 is 26.2 Å². The third-order valence-corrected chi connectivity index (χ3v) is 4.39. The minimum atomic E-state index is -0.641. The van der Waals surface area contributed by atoms with Crippen LogP contribution in [0.1, 0.15) is 32.8 Å². The number of aryl methyl sites for hydroxylation is 1. The van der Waals surface area contributed by atoms with Gasteiger partial charge in [0.1, 0.15) is 0 Å². The number of pyridine rings is 1. The van der Waals surface area contributed by atoms with Crippen molar-refractivity contribution < 1.29 is 9.59 Å². The van der Waals surface area contributed by atoms with Crippen molar-refractivity contribution in [3.05, 3.63) is 64.9 Å². The Bertz CT molecular complexity index is 912. The van der Waals surface area contributed by atoms with Crippen LogP contribution in [0.2, 0.25) is 0 Å². The number of hydrogen-bond donors (Lipinski definition) is 4. The lowest BCUT2D eigenvalue weighted by molar-refractivity contribution is -0.113. The zero-order valence-corrected chi connectivity index (χ0v) is 18.8. The fraction of sp³-hybridized carbons (Fsp3) is 0.391. The third kappa shape index (κ3) is 7.44. The summed E-state index contributed by atoms with van der Waals surface area (Å²) in [5.74, 6) is -0.180. The molecule has 8 nitrogen and oxygen atoms in total. The van der Waals surface area contributed by atoms with E-state index in [4.69, 9.17) is 0 Å². The topological polar surface area (TPSA) is 98.4 Å². The van der Waals surface area contributed by atoms with Crippen LogP contribution in [0, 0.1) is 6.92 Å². The molecule has 166 valence electrons. The van der Waals surface area contributed by atoms with E-state index in [9.17, 15) is 9.59 Å². The lowest BCUT2D eigenvalue weighted by atomic mass is 10.0. The van der Waals surface area contributed by atoms with Crippen molar-refractivity contribution >= 4 is 17.9 Å². The maximum Gasteiger partial charge on any atom is 0.209 e. The number of allylic oxidation sites excluding steroid dienone is 2. The van der Waals surface area contributed by atoms with Gasteiger partial charge in [0, 0.05) is 30.9 Å². The van der Waals surface area contributed by atoms with Gasteiger partial charge in [0.15, 0.2) is 6.29 Å². The van der Waals surface area contributed by atoms with E-state index in [-0.39, 0.29) is 11.8 Å². The van der Waals surface area contributed by atoms with Gasteiger partial charge in [-0.05, 0) is 51.0 Å². The first-order valence-electron chi connectivity index (χ1n) is 10.4. The summed E-state index contributed by atoms with van der Waals surface area (Å²) in [6.45, 7) is 8.44. The number of amides is 1. The first-order valence-corrected chi connectivity index (χ1v) is 10.4. The highest BCUT2D eigenvalue weighted by atomic mass is 16.1. The van der Waals surface area contributed by atoms with Gasteiger partial charge in [0.05, 0.1) is 29.9 Å². The summed E-state index contributed by atoms with van der Waals surface area (Å²) in [6, 6.07) is 2.20. The summed E-state index contributed by atoms with van der Waals surface area (Å²) < 4.78 is 0. The van der Waals surface area contributed by atoms with E-state index >= 15 is 0 Å². The maximum atomic E-state index is 12.7. The van der Waals surface area contributed by atoms with E-state index in [0.29, 0.717) is 18.8 Å². The lowest BCUT2D eigenvalue weighted by Gasteiger charge is -2.27. The van der Waals surface area contributed by atoms with E-state index in [1.807, 2.05) is 51.8 Å². The van der Waals surface area contributed by atoms with E-state index in [1.54, 1.807) is 24.5 Å². The van der Waals surface area contributed by atoms with Crippen LogP contribution in [0.5, 0.6) is 0 Å². The van der Waals surface area contributed by atoms with Gasteiger partial charge in [0.25, 0.3) is 0 Å². The molecule has 0 aromatic carbocycles. The molecule has 1 heterocycles. The second kappa shape index (κ2) is 11.7. The van der Waals surface area contributed by atoms with Crippen molar-refractivity contribution in [2.24, 2.45) is 0 Å². The van der Waals surface area contributed by atoms with Crippen molar-refractivity contribution in [3.8, 4) is 0 Å². The molecule has 2 rings (SSSR count). The molecule has 1 amide bonds. The molecule has 1 aliphatic rings. The molecule has 1 atom stereocenters. The zero-order chi connectivity index (χ0) is 22.8. The highest BCUT2D eigenvalue weighted by molar-refractivity contribution is 6.06. The van der Waals surface area contributed by atoms with Gasteiger partial charge in [-0.25, -0.2) is 0 Å². The van der Waals surface area contributed by atoms with E-state index < -0.39 is 6.29 Å². The fourth-order valence-electron chi connectivity index (χ4n) is 2.90. The van der Waals surface area contributed by atoms with Crippen LogP contribution in [0.25, 0.3) is 0 Å². The average molecular weight is 425 g/mol. The van der Waals surface area contributed by atoms with Crippen molar-refractivity contribution in [2.75, 3.05) is 18.6 Å². The van der Waals surface area contributed by atoms with Crippen LogP contribution in [-0.4, -0.2) is 43.2 Å². The van der Waals surface area contributed by atoms with E-state index in [2.05, 4.69) is 32.0 Å². The highest BCUT2D eigenvalue weighted by Gasteiger charge is 2.20.